The smallest absolute Gasteiger partial charge is 0.416 e. The summed E-state index contributed by atoms with van der Waals surface area (Å²) in [5, 5.41) is 2.50. The number of hydrogen-bond acceptors (Lipinski definition) is 3. The van der Waals surface area contributed by atoms with E-state index in [-0.39, 0.29) is 24.5 Å². The van der Waals surface area contributed by atoms with Gasteiger partial charge in [-0.2, -0.15) is 13.2 Å². The third-order valence-corrected chi connectivity index (χ3v) is 3.14. The molecule has 0 saturated carbocycles. The van der Waals surface area contributed by atoms with Crippen LogP contribution >= 0.6 is 0 Å². The highest BCUT2D eigenvalue weighted by molar-refractivity contribution is 5.93. The molecule has 1 amide bonds. The molecule has 2 N–H and O–H groups in total. The number of halogens is 3. The Bertz CT molecular complexity index is 767. The minimum atomic E-state index is -4.40. The Balaban J connectivity index is 1.82. The Morgan fingerprint density at radius 1 is 1.17 bits per heavy atom. The Labute approximate surface area is 135 Å². The van der Waals surface area contributed by atoms with Crippen molar-refractivity contribution in [3.05, 3.63) is 63.6 Å². The minimum absolute atomic E-state index is 0.0184. The molecule has 8 heteroatoms. The highest BCUT2D eigenvalue weighted by atomic mass is 19.4. The molecule has 0 fully saturated rings. The van der Waals surface area contributed by atoms with Crippen LogP contribution in [0.3, 0.4) is 0 Å². The van der Waals surface area contributed by atoms with Crippen LogP contribution in [0.15, 0.2) is 41.2 Å². The van der Waals surface area contributed by atoms with Crippen LogP contribution in [-0.4, -0.2) is 24.0 Å². The third kappa shape index (κ3) is 4.61. The van der Waals surface area contributed by atoms with Crippen molar-refractivity contribution in [3.63, 3.8) is 0 Å². The second-order valence-corrected chi connectivity index (χ2v) is 5.01. The number of nitrogens with one attached hydrogen (secondary N) is 2. The van der Waals surface area contributed by atoms with Gasteiger partial charge in [0, 0.05) is 5.69 Å². The summed E-state index contributed by atoms with van der Waals surface area (Å²) < 4.78 is 42.5. The van der Waals surface area contributed by atoms with E-state index in [9.17, 15) is 22.8 Å². The van der Waals surface area contributed by atoms with Gasteiger partial charge in [0.15, 0.2) is 0 Å². The number of rotatable bonds is 5. The summed E-state index contributed by atoms with van der Waals surface area (Å²) in [7, 11) is 0. The van der Waals surface area contributed by atoms with Crippen molar-refractivity contribution in [2.75, 3.05) is 13.2 Å². The van der Waals surface area contributed by atoms with Crippen molar-refractivity contribution >= 4 is 5.91 Å². The third-order valence-electron chi connectivity index (χ3n) is 3.14. The van der Waals surface area contributed by atoms with E-state index in [2.05, 4.69) is 10.3 Å². The molecular formula is C16H15F3N2O3. The van der Waals surface area contributed by atoms with Crippen LogP contribution in [0.4, 0.5) is 13.2 Å². The van der Waals surface area contributed by atoms with Gasteiger partial charge in [-0.05, 0) is 43.3 Å². The molecule has 1 aromatic carbocycles. The maximum atomic E-state index is 12.4. The highest BCUT2D eigenvalue weighted by Gasteiger charge is 2.29. The fourth-order valence-corrected chi connectivity index (χ4v) is 1.92. The average molecular weight is 340 g/mol. The van der Waals surface area contributed by atoms with E-state index in [0.29, 0.717) is 5.69 Å². The molecule has 24 heavy (non-hydrogen) atoms. The molecule has 0 aliphatic carbocycles. The summed E-state index contributed by atoms with van der Waals surface area (Å²) in [5.74, 6) is -0.294. The lowest BCUT2D eigenvalue weighted by molar-refractivity contribution is -0.137. The first kappa shape index (κ1) is 17.6. The summed E-state index contributed by atoms with van der Waals surface area (Å²) in [6.45, 7) is 1.86. The number of carbonyl (C=O) groups excluding carboxylic acids is 1. The van der Waals surface area contributed by atoms with Gasteiger partial charge < -0.3 is 15.0 Å². The van der Waals surface area contributed by atoms with E-state index in [0.717, 1.165) is 12.1 Å². The molecule has 2 rings (SSSR count). The van der Waals surface area contributed by atoms with Crippen molar-refractivity contribution < 1.29 is 22.7 Å². The molecular weight excluding hydrogens is 325 g/mol. The second kappa shape index (κ2) is 7.20. The number of hydrogen-bond donors (Lipinski definition) is 2. The number of aromatic amines is 1. The van der Waals surface area contributed by atoms with Gasteiger partial charge in [-0.3, -0.25) is 9.59 Å². The van der Waals surface area contributed by atoms with Crippen LogP contribution in [0.1, 0.15) is 21.6 Å². The number of benzene rings is 1. The van der Waals surface area contributed by atoms with Crippen LogP contribution in [0.2, 0.25) is 0 Å². The number of pyridine rings is 1. The van der Waals surface area contributed by atoms with Crippen LogP contribution in [0.5, 0.6) is 5.75 Å². The average Bonchev–Trinajstić information content (AvgIpc) is 2.51. The molecule has 0 atom stereocenters. The maximum Gasteiger partial charge on any atom is 0.416 e. The van der Waals surface area contributed by atoms with Gasteiger partial charge in [-0.25, -0.2) is 0 Å². The van der Waals surface area contributed by atoms with Crippen molar-refractivity contribution in [3.8, 4) is 5.75 Å². The maximum absolute atomic E-state index is 12.4. The van der Waals surface area contributed by atoms with E-state index in [4.69, 9.17) is 4.74 Å². The summed E-state index contributed by atoms with van der Waals surface area (Å²) >= 11 is 0. The number of amides is 1. The molecule has 1 aromatic heterocycles. The van der Waals surface area contributed by atoms with Crippen molar-refractivity contribution in [1.82, 2.24) is 10.3 Å². The van der Waals surface area contributed by atoms with Crippen molar-refractivity contribution in [2.45, 2.75) is 13.1 Å². The van der Waals surface area contributed by atoms with E-state index >= 15 is 0 Å². The zero-order valence-electron chi connectivity index (χ0n) is 12.7. The van der Waals surface area contributed by atoms with Crippen LogP contribution in [-0.2, 0) is 6.18 Å². The van der Waals surface area contributed by atoms with Gasteiger partial charge in [0.2, 0.25) is 0 Å². The van der Waals surface area contributed by atoms with Crippen LogP contribution in [0.25, 0.3) is 0 Å². The Kier molecular flexibility index (Phi) is 5.28. The highest BCUT2D eigenvalue weighted by Crippen LogP contribution is 2.30. The van der Waals surface area contributed by atoms with E-state index < -0.39 is 23.2 Å². The van der Waals surface area contributed by atoms with Gasteiger partial charge in [0.1, 0.15) is 17.9 Å². The standard InChI is InChI=1S/C16H15F3N2O3/c1-10-2-7-13(15(23)21-10)14(22)20-8-9-24-12-5-3-11(4-6-12)16(17,18)19/h2-7H,8-9H2,1H3,(H,20,22)(H,21,23). The first-order valence-electron chi connectivity index (χ1n) is 7.05. The Morgan fingerprint density at radius 2 is 1.83 bits per heavy atom. The first-order valence-corrected chi connectivity index (χ1v) is 7.05. The zero-order valence-corrected chi connectivity index (χ0v) is 12.7. The zero-order chi connectivity index (χ0) is 17.7. The topological polar surface area (TPSA) is 71.2 Å². The lowest BCUT2D eigenvalue weighted by Gasteiger charge is -2.10. The monoisotopic (exact) mass is 340 g/mol. The molecule has 0 aliphatic rings. The molecule has 0 saturated heterocycles. The molecule has 0 unspecified atom stereocenters. The number of aromatic nitrogens is 1. The van der Waals surface area contributed by atoms with Gasteiger partial charge in [0.25, 0.3) is 11.5 Å². The molecule has 5 nitrogen and oxygen atoms in total. The van der Waals surface area contributed by atoms with Crippen LogP contribution in [0, 0.1) is 6.92 Å². The van der Waals surface area contributed by atoms with E-state index in [1.165, 1.54) is 18.2 Å². The first-order chi connectivity index (χ1) is 11.3. The molecule has 0 radical (unpaired) electrons. The number of carbonyl (C=O) groups is 1. The largest absolute Gasteiger partial charge is 0.492 e. The number of alkyl halides is 3. The van der Waals surface area contributed by atoms with E-state index in [1.54, 1.807) is 13.0 Å². The van der Waals surface area contributed by atoms with Gasteiger partial charge in [-0.15, -0.1) is 0 Å². The van der Waals surface area contributed by atoms with Crippen LogP contribution < -0.4 is 15.6 Å². The predicted octanol–water partition coefficient (Wildman–Crippen LogP) is 2.51. The Morgan fingerprint density at radius 3 is 2.42 bits per heavy atom. The number of H-pyrrole nitrogens is 1. The van der Waals surface area contributed by atoms with Gasteiger partial charge in [-0.1, -0.05) is 0 Å². The number of ether oxygens (including phenoxy) is 1. The predicted molar refractivity (Wildman–Crippen MR) is 81.1 cm³/mol. The molecule has 0 aliphatic heterocycles. The fourth-order valence-electron chi connectivity index (χ4n) is 1.92. The van der Waals surface area contributed by atoms with Gasteiger partial charge >= 0.3 is 6.18 Å². The normalized spacial score (nSPS) is 11.2. The number of aryl methyl sites for hydroxylation is 1. The van der Waals surface area contributed by atoms with Crippen molar-refractivity contribution in [1.29, 1.82) is 0 Å². The fraction of sp³-hybridized carbons (Fsp3) is 0.250. The lowest BCUT2D eigenvalue weighted by Crippen LogP contribution is -2.32. The second-order valence-electron chi connectivity index (χ2n) is 5.01. The molecule has 0 spiro atoms. The summed E-state index contributed by atoms with van der Waals surface area (Å²) in [6, 6.07) is 7.26. The molecule has 2 aromatic rings. The molecule has 1 heterocycles. The summed E-state index contributed by atoms with van der Waals surface area (Å²) in [4.78, 5) is 26.0. The summed E-state index contributed by atoms with van der Waals surface area (Å²) in [6.07, 6.45) is -4.40. The quantitative estimate of drug-likeness (QED) is 0.822. The van der Waals surface area contributed by atoms with Gasteiger partial charge in [0.05, 0.1) is 12.1 Å². The Hall–Kier alpha value is -2.77. The SMILES string of the molecule is Cc1ccc(C(=O)NCCOc2ccc(C(F)(F)F)cc2)c(=O)[nH]1. The van der Waals surface area contributed by atoms with Crippen molar-refractivity contribution in [2.24, 2.45) is 0 Å². The minimum Gasteiger partial charge on any atom is -0.492 e. The molecule has 0 bridgehead atoms. The molecule has 128 valence electrons. The summed E-state index contributed by atoms with van der Waals surface area (Å²) in [5.41, 5.74) is -0.629. The van der Waals surface area contributed by atoms with E-state index in [1.807, 2.05) is 0 Å². The lowest BCUT2D eigenvalue weighted by atomic mass is 10.2.